The van der Waals surface area contributed by atoms with Gasteiger partial charge in [0.05, 0.1) is 0 Å². The molecule has 0 aromatic heterocycles. The number of rotatable bonds is 3. The number of hydrogen-bond acceptors (Lipinski definition) is 4. The second kappa shape index (κ2) is 7.07. The molecule has 134 valence electrons. The molecule has 0 aliphatic carbocycles. The number of fused-ring (bicyclic) bond motifs is 1. The van der Waals surface area contributed by atoms with Gasteiger partial charge in [-0.3, -0.25) is 9.59 Å². The molecule has 0 atom stereocenters. The summed E-state index contributed by atoms with van der Waals surface area (Å²) >= 11 is 0. The van der Waals surface area contributed by atoms with Crippen molar-refractivity contribution in [3.05, 3.63) is 53.6 Å². The Morgan fingerprint density at radius 1 is 0.846 bits per heavy atom. The molecule has 2 heterocycles. The van der Waals surface area contributed by atoms with E-state index >= 15 is 0 Å². The number of amides is 2. The standard InChI is InChI=1S/C20H20N2O4/c23-19(21-16-7-8-17-18(13-16)26-12-11-25-17)14-3-5-15(6-4-14)20(24)22-9-1-2-10-22/h3-8,13H,1-2,9-12H2,(H,21,23). The molecule has 0 bridgehead atoms. The van der Waals surface area contributed by atoms with E-state index < -0.39 is 0 Å². The lowest BCUT2D eigenvalue weighted by Crippen LogP contribution is -2.27. The zero-order chi connectivity index (χ0) is 17.9. The summed E-state index contributed by atoms with van der Waals surface area (Å²) in [4.78, 5) is 26.6. The van der Waals surface area contributed by atoms with E-state index in [1.165, 1.54) is 0 Å². The predicted molar refractivity (Wildman–Crippen MR) is 97.0 cm³/mol. The normalized spacial score (nSPS) is 15.6. The summed E-state index contributed by atoms with van der Waals surface area (Å²) in [5.74, 6) is 1.10. The molecule has 2 aromatic carbocycles. The summed E-state index contributed by atoms with van der Waals surface area (Å²) < 4.78 is 11.0. The first-order valence-corrected chi connectivity index (χ1v) is 8.81. The Balaban J connectivity index is 1.44. The third-order valence-corrected chi connectivity index (χ3v) is 4.59. The van der Waals surface area contributed by atoms with Gasteiger partial charge < -0.3 is 19.7 Å². The van der Waals surface area contributed by atoms with E-state index in [-0.39, 0.29) is 11.8 Å². The molecule has 2 aromatic rings. The number of nitrogens with zero attached hydrogens (tertiary/aromatic N) is 1. The number of ether oxygens (including phenoxy) is 2. The van der Waals surface area contributed by atoms with Crippen LogP contribution >= 0.6 is 0 Å². The van der Waals surface area contributed by atoms with Gasteiger partial charge in [0.25, 0.3) is 11.8 Å². The van der Waals surface area contributed by atoms with Crippen molar-refractivity contribution in [3.8, 4) is 11.5 Å². The number of carbonyl (C=O) groups is 2. The Morgan fingerprint density at radius 3 is 2.23 bits per heavy atom. The molecule has 2 aliphatic heterocycles. The fourth-order valence-electron chi connectivity index (χ4n) is 3.19. The van der Waals surface area contributed by atoms with Crippen LogP contribution in [0.2, 0.25) is 0 Å². The molecule has 6 nitrogen and oxygen atoms in total. The number of anilines is 1. The molecular weight excluding hydrogens is 332 g/mol. The van der Waals surface area contributed by atoms with Crippen LogP contribution in [-0.2, 0) is 0 Å². The zero-order valence-corrected chi connectivity index (χ0v) is 14.4. The topological polar surface area (TPSA) is 67.9 Å². The van der Waals surface area contributed by atoms with E-state index in [1.54, 1.807) is 42.5 Å². The van der Waals surface area contributed by atoms with Gasteiger partial charge in [-0.25, -0.2) is 0 Å². The van der Waals surface area contributed by atoms with Crippen LogP contribution in [0.1, 0.15) is 33.6 Å². The first-order valence-electron chi connectivity index (χ1n) is 8.81. The zero-order valence-electron chi connectivity index (χ0n) is 14.4. The van der Waals surface area contributed by atoms with E-state index in [0.29, 0.717) is 41.5 Å². The summed E-state index contributed by atoms with van der Waals surface area (Å²) in [5, 5.41) is 2.84. The van der Waals surface area contributed by atoms with Gasteiger partial charge in [0.1, 0.15) is 13.2 Å². The molecule has 26 heavy (non-hydrogen) atoms. The van der Waals surface area contributed by atoms with Gasteiger partial charge in [-0.15, -0.1) is 0 Å². The summed E-state index contributed by atoms with van der Waals surface area (Å²) in [5.41, 5.74) is 1.75. The van der Waals surface area contributed by atoms with Crippen LogP contribution in [0.3, 0.4) is 0 Å². The maximum Gasteiger partial charge on any atom is 0.255 e. The molecule has 0 radical (unpaired) electrons. The van der Waals surface area contributed by atoms with E-state index in [1.807, 2.05) is 4.90 Å². The minimum Gasteiger partial charge on any atom is -0.486 e. The Labute approximate surface area is 151 Å². The van der Waals surface area contributed by atoms with Gasteiger partial charge in [-0.1, -0.05) is 0 Å². The summed E-state index contributed by atoms with van der Waals surface area (Å²) in [7, 11) is 0. The van der Waals surface area contributed by atoms with E-state index in [2.05, 4.69) is 5.32 Å². The Hall–Kier alpha value is -3.02. The fourth-order valence-corrected chi connectivity index (χ4v) is 3.19. The average molecular weight is 352 g/mol. The van der Waals surface area contributed by atoms with Crippen molar-refractivity contribution >= 4 is 17.5 Å². The van der Waals surface area contributed by atoms with Crippen LogP contribution in [-0.4, -0.2) is 43.0 Å². The highest BCUT2D eigenvalue weighted by molar-refractivity contribution is 6.05. The molecule has 4 rings (SSSR count). The number of hydrogen-bond donors (Lipinski definition) is 1. The fraction of sp³-hybridized carbons (Fsp3) is 0.300. The van der Waals surface area contributed by atoms with Crippen LogP contribution in [0.4, 0.5) is 5.69 Å². The van der Waals surface area contributed by atoms with Crippen molar-refractivity contribution in [1.82, 2.24) is 4.90 Å². The molecule has 1 saturated heterocycles. The van der Waals surface area contributed by atoms with Crippen molar-refractivity contribution in [1.29, 1.82) is 0 Å². The lowest BCUT2D eigenvalue weighted by Gasteiger charge is -2.19. The highest BCUT2D eigenvalue weighted by atomic mass is 16.6. The van der Waals surface area contributed by atoms with E-state index in [9.17, 15) is 9.59 Å². The lowest BCUT2D eigenvalue weighted by atomic mass is 10.1. The Bertz CT molecular complexity index is 826. The molecule has 0 spiro atoms. The molecule has 6 heteroatoms. The number of likely N-dealkylation sites (tertiary alicyclic amines) is 1. The summed E-state index contributed by atoms with van der Waals surface area (Å²) in [6.07, 6.45) is 2.11. The van der Waals surface area contributed by atoms with Crippen LogP contribution in [0.25, 0.3) is 0 Å². The summed E-state index contributed by atoms with van der Waals surface area (Å²) in [6, 6.07) is 12.1. The number of nitrogens with one attached hydrogen (secondary N) is 1. The number of carbonyl (C=O) groups excluding carboxylic acids is 2. The quantitative estimate of drug-likeness (QED) is 0.922. The molecule has 0 unspecified atom stereocenters. The molecule has 0 saturated carbocycles. The highest BCUT2D eigenvalue weighted by Gasteiger charge is 2.20. The summed E-state index contributed by atoms with van der Waals surface area (Å²) in [6.45, 7) is 2.65. The van der Waals surface area contributed by atoms with Crippen molar-refractivity contribution < 1.29 is 19.1 Å². The minimum absolute atomic E-state index is 0.0290. The van der Waals surface area contributed by atoms with Crippen LogP contribution in [0, 0.1) is 0 Å². The minimum atomic E-state index is -0.234. The first kappa shape index (κ1) is 16.4. The maximum atomic E-state index is 12.4. The van der Waals surface area contributed by atoms with Gasteiger partial charge in [-0.2, -0.15) is 0 Å². The van der Waals surface area contributed by atoms with Gasteiger partial charge in [0.15, 0.2) is 11.5 Å². The first-order chi connectivity index (χ1) is 12.7. The smallest absolute Gasteiger partial charge is 0.255 e. The second-order valence-corrected chi connectivity index (χ2v) is 6.39. The third kappa shape index (κ3) is 3.35. The average Bonchev–Trinajstić information content (AvgIpc) is 3.22. The van der Waals surface area contributed by atoms with Crippen molar-refractivity contribution in [2.75, 3.05) is 31.6 Å². The van der Waals surface area contributed by atoms with Crippen molar-refractivity contribution in [2.24, 2.45) is 0 Å². The lowest BCUT2D eigenvalue weighted by molar-refractivity contribution is 0.0792. The molecule has 1 N–H and O–H groups in total. The number of benzene rings is 2. The second-order valence-electron chi connectivity index (χ2n) is 6.39. The molecule has 2 aliphatic rings. The van der Waals surface area contributed by atoms with Crippen molar-refractivity contribution in [3.63, 3.8) is 0 Å². The van der Waals surface area contributed by atoms with Gasteiger partial charge >= 0.3 is 0 Å². The Kier molecular flexibility index (Phi) is 4.48. The maximum absolute atomic E-state index is 12.4. The van der Waals surface area contributed by atoms with Gasteiger partial charge in [0.2, 0.25) is 0 Å². The SMILES string of the molecule is O=C(Nc1ccc2c(c1)OCCO2)c1ccc(C(=O)N2CCCC2)cc1. The highest BCUT2D eigenvalue weighted by Crippen LogP contribution is 2.32. The van der Waals surface area contributed by atoms with E-state index in [0.717, 1.165) is 25.9 Å². The third-order valence-electron chi connectivity index (χ3n) is 4.59. The predicted octanol–water partition coefficient (Wildman–Crippen LogP) is 2.95. The van der Waals surface area contributed by atoms with E-state index in [4.69, 9.17) is 9.47 Å². The van der Waals surface area contributed by atoms with Crippen LogP contribution in [0.15, 0.2) is 42.5 Å². The van der Waals surface area contributed by atoms with Gasteiger partial charge in [0, 0.05) is 36.0 Å². The monoisotopic (exact) mass is 352 g/mol. The van der Waals surface area contributed by atoms with Crippen LogP contribution in [0.5, 0.6) is 11.5 Å². The largest absolute Gasteiger partial charge is 0.486 e. The molecule has 2 amide bonds. The molecule has 1 fully saturated rings. The van der Waals surface area contributed by atoms with Crippen molar-refractivity contribution in [2.45, 2.75) is 12.8 Å². The Morgan fingerprint density at radius 2 is 1.50 bits per heavy atom. The molecular formula is C20H20N2O4. The van der Waals surface area contributed by atoms with Gasteiger partial charge in [-0.05, 0) is 49.2 Å². The van der Waals surface area contributed by atoms with Crippen LogP contribution < -0.4 is 14.8 Å².